The van der Waals surface area contributed by atoms with E-state index in [9.17, 15) is 18.4 Å². The summed E-state index contributed by atoms with van der Waals surface area (Å²) in [6, 6.07) is 10.2. The number of hydrogen-bond acceptors (Lipinski definition) is 6. The Labute approximate surface area is 249 Å². The molecule has 9 nitrogen and oxygen atoms in total. The molecule has 0 radical (unpaired) electrons. The zero-order valence-electron chi connectivity index (χ0n) is 24.7. The van der Waals surface area contributed by atoms with Gasteiger partial charge in [-0.3, -0.25) is 14.6 Å². The Bertz CT molecular complexity index is 1510. The fourth-order valence-electron chi connectivity index (χ4n) is 7.03. The van der Waals surface area contributed by atoms with Gasteiger partial charge in [-0.25, -0.2) is 8.78 Å². The van der Waals surface area contributed by atoms with Crippen molar-refractivity contribution in [2.75, 3.05) is 0 Å². The van der Waals surface area contributed by atoms with Crippen molar-refractivity contribution in [3.05, 3.63) is 76.6 Å². The van der Waals surface area contributed by atoms with Gasteiger partial charge in [-0.1, -0.05) is 38.1 Å². The second kappa shape index (κ2) is 11.2. The fraction of sp³-hybridized carbons (Fsp3) is 0.500. The standard InChI is InChI=1S/C32H37F2N7O2/c1-19-12-20(2)17-32(16-19)36-28(23-13-24(33)15-25(34)14-23)30(43)41(32)26(8-9-31(3)10-11-31)21-4-6-22(7-5-21)29(42)35-18-27-37-39-40-38-27/h4-7,13-15,19-20,26H,8-12,16-18H2,1-3H3,(H,35,42)(H,37,38,39,40)/t19?,20?,26-,32?/m1/s1. The molecule has 43 heavy (non-hydrogen) atoms. The van der Waals surface area contributed by atoms with Crippen LogP contribution in [0.1, 0.15) is 99.1 Å². The zero-order chi connectivity index (χ0) is 30.4. The summed E-state index contributed by atoms with van der Waals surface area (Å²) in [7, 11) is 0. The molecule has 2 N–H and O–H groups in total. The van der Waals surface area contributed by atoms with Crippen LogP contribution in [0.3, 0.4) is 0 Å². The number of aliphatic imine (C=N–C) groups is 1. The van der Waals surface area contributed by atoms with E-state index < -0.39 is 17.3 Å². The van der Waals surface area contributed by atoms with E-state index in [0.717, 1.165) is 43.7 Å². The van der Waals surface area contributed by atoms with Gasteiger partial charge in [0.25, 0.3) is 11.8 Å². The molecule has 1 aliphatic heterocycles. The van der Waals surface area contributed by atoms with Gasteiger partial charge in [0.2, 0.25) is 0 Å². The maximum absolute atomic E-state index is 14.4. The molecule has 2 unspecified atom stereocenters. The topological polar surface area (TPSA) is 116 Å². The van der Waals surface area contributed by atoms with Crippen LogP contribution in [0.15, 0.2) is 47.5 Å². The Balaban J connectivity index is 1.35. The summed E-state index contributed by atoms with van der Waals surface area (Å²) < 4.78 is 28.6. The molecule has 11 heteroatoms. The van der Waals surface area contributed by atoms with E-state index in [0.29, 0.717) is 36.1 Å². The first-order valence-electron chi connectivity index (χ1n) is 15.0. The van der Waals surface area contributed by atoms with E-state index in [2.05, 4.69) is 46.7 Å². The number of tetrazole rings is 1. The highest BCUT2D eigenvalue weighted by molar-refractivity contribution is 6.46. The van der Waals surface area contributed by atoms with E-state index in [1.165, 1.54) is 12.1 Å². The van der Waals surface area contributed by atoms with Crippen LogP contribution in [-0.2, 0) is 11.3 Å². The summed E-state index contributed by atoms with van der Waals surface area (Å²) in [6.45, 7) is 6.76. The predicted octanol–water partition coefficient (Wildman–Crippen LogP) is 5.51. The van der Waals surface area contributed by atoms with E-state index >= 15 is 0 Å². The molecule has 3 aromatic rings. The lowest BCUT2D eigenvalue weighted by Gasteiger charge is -2.47. The summed E-state index contributed by atoms with van der Waals surface area (Å²) in [5, 5.41) is 16.4. The van der Waals surface area contributed by atoms with Crippen molar-refractivity contribution in [2.45, 2.75) is 84.0 Å². The van der Waals surface area contributed by atoms with E-state index in [1.807, 2.05) is 17.0 Å². The summed E-state index contributed by atoms with van der Waals surface area (Å²) in [5.41, 5.74) is 1.07. The highest BCUT2D eigenvalue weighted by atomic mass is 19.1. The maximum atomic E-state index is 14.4. The molecular weight excluding hydrogens is 552 g/mol. The average Bonchev–Trinajstić information content (AvgIpc) is 3.34. The Kier molecular flexibility index (Phi) is 7.60. The van der Waals surface area contributed by atoms with Crippen molar-refractivity contribution in [1.29, 1.82) is 0 Å². The highest BCUT2D eigenvalue weighted by Gasteiger charge is 2.53. The number of aromatic amines is 1. The molecule has 226 valence electrons. The Morgan fingerprint density at radius 3 is 2.37 bits per heavy atom. The van der Waals surface area contributed by atoms with Gasteiger partial charge in [-0.15, -0.1) is 10.2 Å². The summed E-state index contributed by atoms with van der Waals surface area (Å²) in [4.78, 5) is 34.2. The molecule has 0 bridgehead atoms. The lowest BCUT2D eigenvalue weighted by Crippen LogP contribution is -2.52. The number of nitrogens with zero attached hydrogens (tertiary/aromatic N) is 5. The SMILES string of the molecule is CC1CC(C)CC2(C1)N=C(c1cc(F)cc(F)c1)C(=O)N2[C@H](CCC1(C)CC1)c1ccc(C(=O)NCc2nn[nH]n2)cc1. The Hall–Kier alpha value is -4.02. The molecule has 2 aliphatic carbocycles. The van der Waals surface area contributed by atoms with Crippen LogP contribution >= 0.6 is 0 Å². The van der Waals surface area contributed by atoms with Crippen molar-refractivity contribution in [3.8, 4) is 0 Å². The second-order valence-electron chi connectivity index (χ2n) is 13.1. The van der Waals surface area contributed by atoms with Crippen LogP contribution in [0.5, 0.6) is 0 Å². The van der Waals surface area contributed by atoms with Crippen LogP contribution in [0, 0.1) is 28.9 Å². The first-order valence-corrected chi connectivity index (χ1v) is 15.0. The number of rotatable bonds is 9. The monoisotopic (exact) mass is 589 g/mol. The fourth-order valence-corrected chi connectivity index (χ4v) is 7.03. The summed E-state index contributed by atoms with van der Waals surface area (Å²) in [5.74, 6) is -1.05. The maximum Gasteiger partial charge on any atom is 0.275 e. The summed E-state index contributed by atoms with van der Waals surface area (Å²) in [6.07, 6.45) is 6.33. The number of nitrogens with one attached hydrogen (secondary N) is 2. The van der Waals surface area contributed by atoms with Crippen LogP contribution in [0.25, 0.3) is 0 Å². The van der Waals surface area contributed by atoms with Gasteiger partial charge >= 0.3 is 0 Å². The molecule has 2 fully saturated rings. The predicted molar refractivity (Wildman–Crippen MR) is 156 cm³/mol. The van der Waals surface area contributed by atoms with Gasteiger partial charge < -0.3 is 10.2 Å². The van der Waals surface area contributed by atoms with E-state index in [4.69, 9.17) is 4.99 Å². The molecular formula is C32H37F2N7O2. The number of hydrogen-bond donors (Lipinski definition) is 2. The molecule has 2 amide bonds. The zero-order valence-corrected chi connectivity index (χ0v) is 24.7. The van der Waals surface area contributed by atoms with E-state index in [1.54, 1.807) is 12.1 Å². The van der Waals surface area contributed by atoms with Gasteiger partial charge in [0.05, 0.1) is 12.6 Å². The Morgan fingerprint density at radius 2 is 1.77 bits per heavy atom. The van der Waals surface area contributed by atoms with Crippen LogP contribution in [-0.4, -0.2) is 48.7 Å². The van der Waals surface area contributed by atoms with Gasteiger partial charge in [-0.05, 0) is 92.0 Å². The molecule has 3 atom stereocenters. The number of carbonyl (C=O) groups excluding carboxylic acids is 2. The molecule has 2 aromatic carbocycles. The lowest BCUT2D eigenvalue weighted by atomic mass is 9.75. The number of aromatic nitrogens is 4. The number of amides is 2. The minimum Gasteiger partial charge on any atom is -0.345 e. The third-order valence-corrected chi connectivity index (χ3v) is 9.27. The minimum absolute atomic E-state index is 0.111. The quantitative estimate of drug-likeness (QED) is 0.341. The smallest absolute Gasteiger partial charge is 0.275 e. The van der Waals surface area contributed by atoms with Crippen molar-refractivity contribution in [1.82, 2.24) is 30.8 Å². The first-order chi connectivity index (χ1) is 20.5. The molecule has 3 aliphatic rings. The van der Waals surface area contributed by atoms with Crippen molar-refractivity contribution in [2.24, 2.45) is 22.2 Å². The Morgan fingerprint density at radius 1 is 1.09 bits per heavy atom. The molecule has 2 saturated carbocycles. The first kappa shape index (κ1) is 29.1. The van der Waals surface area contributed by atoms with Crippen molar-refractivity contribution >= 4 is 17.5 Å². The van der Waals surface area contributed by atoms with Gasteiger partial charge in [0.1, 0.15) is 23.0 Å². The van der Waals surface area contributed by atoms with Crippen LogP contribution in [0.2, 0.25) is 0 Å². The highest BCUT2D eigenvalue weighted by Crippen LogP contribution is 2.53. The van der Waals surface area contributed by atoms with Gasteiger partial charge in [0, 0.05) is 17.2 Å². The third kappa shape index (κ3) is 6.07. The number of carbonyl (C=O) groups is 2. The molecule has 0 saturated heterocycles. The van der Waals surface area contributed by atoms with E-state index in [-0.39, 0.29) is 41.1 Å². The molecule has 2 heterocycles. The van der Waals surface area contributed by atoms with Gasteiger partial charge in [-0.2, -0.15) is 5.21 Å². The summed E-state index contributed by atoms with van der Waals surface area (Å²) >= 11 is 0. The normalized spacial score (nSPS) is 25.1. The van der Waals surface area contributed by atoms with Crippen LogP contribution in [0.4, 0.5) is 8.78 Å². The van der Waals surface area contributed by atoms with Crippen LogP contribution < -0.4 is 5.32 Å². The van der Waals surface area contributed by atoms with Crippen molar-refractivity contribution in [3.63, 3.8) is 0 Å². The number of halogens is 2. The number of H-pyrrole nitrogens is 1. The molecule has 1 aromatic heterocycles. The largest absolute Gasteiger partial charge is 0.345 e. The lowest BCUT2D eigenvalue weighted by molar-refractivity contribution is -0.134. The third-order valence-electron chi connectivity index (χ3n) is 9.27. The molecule has 6 rings (SSSR count). The van der Waals surface area contributed by atoms with Crippen molar-refractivity contribution < 1.29 is 18.4 Å². The molecule has 1 spiro atoms. The van der Waals surface area contributed by atoms with Gasteiger partial charge in [0.15, 0.2) is 5.82 Å². The number of benzene rings is 2. The second-order valence-corrected chi connectivity index (χ2v) is 13.1. The average molecular weight is 590 g/mol. The minimum atomic E-state index is -0.817.